The van der Waals surface area contributed by atoms with Gasteiger partial charge in [-0.1, -0.05) is 19.9 Å². The van der Waals surface area contributed by atoms with Crippen LogP contribution >= 0.6 is 22.6 Å². The van der Waals surface area contributed by atoms with Gasteiger partial charge in [-0.3, -0.25) is 0 Å². The fraction of sp³-hybridized carbons (Fsp3) is 0.400. The number of nitrogens with two attached hydrogens (primary N) is 1. The zero-order chi connectivity index (χ0) is 11.8. The van der Waals surface area contributed by atoms with Crippen molar-refractivity contribution in [3.8, 4) is 0 Å². The molecule has 0 aliphatic carbocycles. The summed E-state index contributed by atoms with van der Waals surface area (Å²) in [5, 5.41) is 4.06. The van der Waals surface area contributed by atoms with Crippen molar-refractivity contribution < 1.29 is 8.42 Å². The second-order valence-electron chi connectivity index (χ2n) is 2.91. The van der Waals surface area contributed by atoms with Gasteiger partial charge in [0.15, 0.2) is 10.9 Å². The number of hydrogen-bond acceptors (Lipinski definition) is 2. The molecule has 0 unspecified atom stereocenters. The summed E-state index contributed by atoms with van der Waals surface area (Å²) < 4.78 is 19.0. The molecule has 86 valence electrons. The summed E-state index contributed by atoms with van der Waals surface area (Å²) in [7, 11) is -2.62. The van der Waals surface area contributed by atoms with E-state index in [4.69, 9.17) is 8.42 Å². The van der Waals surface area contributed by atoms with Crippen molar-refractivity contribution in [3.63, 3.8) is 0 Å². The fourth-order valence-electron chi connectivity index (χ4n) is 1.27. The molecular weight excluding hydrogens is 325 g/mol. The lowest BCUT2D eigenvalue weighted by Gasteiger charge is -2.04. The Balaban J connectivity index is 0.000000423. The second kappa shape index (κ2) is 8.06. The molecule has 5 heteroatoms. The molecule has 0 heterocycles. The van der Waals surface area contributed by atoms with Gasteiger partial charge in [-0.25, -0.2) is 13.6 Å². The molecular formula is C10H16INO2S. The van der Waals surface area contributed by atoms with Crippen molar-refractivity contribution in [2.75, 3.05) is 0 Å². The maximum atomic E-state index is 8.81. The number of rotatable bonds is 2. The zero-order valence-electron chi connectivity index (χ0n) is 8.87. The monoisotopic (exact) mass is 341 g/mol. The number of halogens is 1. The van der Waals surface area contributed by atoms with Gasteiger partial charge in [0.05, 0.1) is 0 Å². The lowest BCUT2D eigenvalue weighted by molar-refractivity contribution is 0.616. The summed E-state index contributed by atoms with van der Waals surface area (Å²) in [4.78, 5) is 0. The van der Waals surface area contributed by atoms with E-state index in [1.165, 1.54) is 14.7 Å². The average Bonchev–Trinajstić information content (AvgIpc) is 2.16. The van der Waals surface area contributed by atoms with E-state index >= 15 is 0 Å². The van der Waals surface area contributed by atoms with E-state index in [1.54, 1.807) is 0 Å². The average molecular weight is 341 g/mol. The summed E-state index contributed by atoms with van der Waals surface area (Å²) in [6, 6.07) is 6.69. The van der Waals surface area contributed by atoms with Crippen molar-refractivity contribution >= 4 is 33.5 Å². The molecule has 1 rings (SSSR count). The van der Waals surface area contributed by atoms with Gasteiger partial charge in [0.25, 0.3) is 0 Å². The largest absolute Gasteiger partial charge is 0.231 e. The SMILES string of the molecule is CCc1ccc(I)cc1CC.N[SH](=O)=O. The Hall–Kier alpha value is -0.140. The molecule has 0 saturated heterocycles. The minimum Gasteiger partial charge on any atom is -0.231 e. The lowest BCUT2D eigenvalue weighted by atomic mass is 10.0. The topological polar surface area (TPSA) is 60.2 Å². The van der Waals surface area contributed by atoms with Gasteiger partial charge in [-0.15, -0.1) is 0 Å². The van der Waals surface area contributed by atoms with E-state index in [0.717, 1.165) is 12.8 Å². The van der Waals surface area contributed by atoms with Crippen LogP contribution in [-0.4, -0.2) is 8.42 Å². The number of aryl methyl sites for hydroxylation is 2. The third kappa shape index (κ3) is 6.86. The molecule has 2 N–H and O–H groups in total. The summed E-state index contributed by atoms with van der Waals surface area (Å²) in [5.74, 6) is 0. The predicted molar refractivity (Wildman–Crippen MR) is 72.4 cm³/mol. The van der Waals surface area contributed by atoms with E-state index in [2.05, 4.69) is 59.8 Å². The molecule has 1 aromatic rings. The van der Waals surface area contributed by atoms with Crippen molar-refractivity contribution in [1.29, 1.82) is 0 Å². The Morgan fingerprint density at radius 3 is 2.07 bits per heavy atom. The number of benzene rings is 1. The van der Waals surface area contributed by atoms with Crippen LogP contribution in [0, 0.1) is 3.57 Å². The third-order valence-corrected chi connectivity index (χ3v) is 2.60. The smallest absolute Gasteiger partial charge is 0.198 e. The molecule has 0 radical (unpaired) electrons. The van der Waals surface area contributed by atoms with E-state index < -0.39 is 10.9 Å². The molecule has 0 saturated carbocycles. The van der Waals surface area contributed by atoms with Crippen LogP contribution in [0.15, 0.2) is 18.2 Å². The van der Waals surface area contributed by atoms with Gasteiger partial charge in [0, 0.05) is 3.57 Å². The summed E-state index contributed by atoms with van der Waals surface area (Å²) in [6.45, 7) is 4.42. The molecule has 0 amide bonds. The van der Waals surface area contributed by atoms with Gasteiger partial charge < -0.3 is 0 Å². The van der Waals surface area contributed by atoms with Gasteiger partial charge >= 0.3 is 0 Å². The zero-order valence-corrected chi connectivity index (χ0v) is 11.9. The number of hydrogen-bond donors (Lipinski definition) is 2. The molecule has 0 atom stereocenters. The molecule has 0 fully saturated rings. The standard InChI is InChI=1S/C10H13I.H3NO2S/c1-3-8-5-6-10(11)7-9(8)4-2;1-4(2)3/h5-7H,3-4H2,1-2H3;4H,(H2,1,2,3). The third-order valence-electron chi connectivity index (χ3n) is 1.93. The first-order valence-corrected chi connectivity index (χ1v) is 7.00. The summed E-state index contributed by atoms with van der Waals surface area (Å²) >= 11 is 2.36. The molecule has 0 bridgehead atoms. The second-order valence-corrected chi connectivity index (χ2v) is 4.72. The highest BCUT2D eigenvalue weighted by molar-refractivity contribution is 14.1. The maximum Gasteiger partial charge on any atom is 0.198 e. The first kappa shape index (κ1) is 14.9. The Morgan fingerprint density at radius 1 is 1.20 bits per heavy atom. The molecule has 0 aliphatic rings. The van der Waals surface area contributed by atoms with Crippen LogP contribution in [0.5, 0.6) is 0 Å². The van der Waals surface area contributed by atoms with Gasteiger partial charge in [-0.05, 0) is 58.7 Å². The van der Waals surface area contributed by atoms with Crippen molar-refractivity contribution in [3.05, 3.63) is 32.9 Å². The highest BCUT2D eigenvalue weighted by Gasteiger charge is 1.97. The fourth-order valence-corrected chi connectivity index (χ4v) is 1.82. The Labute approximate surface area is 106 Å². The summed E-state index contributed by atoms with van der Waals surface area (Å²) in [6.07, 6.45) is 2.31. The molecule has 0 spiro atoms. The maximum absolute atomic E-state index is 8.81. The number of thiol groups is 1. The van der Waals surface area contributed by atoms with E-state index in [9.17, 15) is 0 Å². The van der Waals surface area contributed by atoms with Gasteiger partial charge in [0.1, 0.15) is 0 Å². The molecule has 0 aliphatic heterocycles. The van der Waals surface area contributed by atoms with E-state index in [-0.39, 0.29) is 0 Å². The normalized spacial score (nSPS) is 9.67. The molecule has 3 nitrogen and oxygen atoms in total. The molecule has 15 heavy (non-hydrogen) atoms. The van der Waals surface area contributed by atoms with E-state index in [0.29, 0.717) is 0 Å². The quantitative estimate of drug-likeness (QED) is 0.638. The van der Waals surface area contributed by atoms with Gasteiger partial charge in [-0.2, -0.15) is 0 Å². The van der Waals surface area contributed by atoms with Crippen molar-refractivity contribution in [2.24, 2.45) is 5.14 Å². The predicted octanol–water partition coefficient (Wildman–Crippen LogP) is 1.89. The minimum absolute atomic E-state index is 1.15. The van der Waals surface area contributed by atoms with Crippen LogP contribution in [0.2, 0.25) is 0 Å². The van der Waals surface area contributed by atoms with Crippen LogP contribution in [0.4, 0.5) is 0 Å². The van der Waals surface area contributed by atoms with Crippen LogP contribution in [0.25, 0.3) is 0 Å². The van der Waals surface area contributed by atoms with Crippen molar-refractivity contribution in [1.82, 2.24) is 0 Å². The highest BCUT2D eigenvalue weighted by Crippen LogP contribution is 2.14. The summed E-state index contributed by atoms with van der Waals surface area (Å²) in [5.41, 5.74) is 2.99. The van der Waals surface area contributed by atoms with Crippen LogP contribution in [0.1, 0.15) is 25.0 Å². The van der Waals surface area contributed by atoms with Crippen LogP contribution in [-0.2, 0) is 23.7 Å². The van der Waals surface area contributed by atoms with E-state index in [1.807, 2.05) is 0 Å². The molecule has 0 aromatic heterocycles. The minimum atomic E-state index is -2.62. The Bertz CT molecular complexity index is 370. The first-order chi connectivity index (χ1) is 7.01. The highest BCUT2D eigenvalue weighted by atomic mass is 127. The Kier molecular flexibility index (Phi) is 7.99. The van der Waals surface area contributed by atoms with Crippen LogP contribution < -0.4 is 5.14 Å². The Morgan fingerprint density at radius 2 is 1.67 bits per heavy atom. The van der Waals surface area contributed by atoms with Gasteiger partial charge in [0.2, 0.25) is 0 Å². The van der Waals surface area contributed by atoms with Crippen LogP contribution in [0.3, 0.4) is 0 Å². The molecule has 1 aromatic carbocycles. The van der Waals surface area contributed by atoms with Crippen molar-refractivity contribution in [2.45, 2.75) is 26.7 Å². The first-order valence-electron chi connectivity index (χ1n) is 4.67. The lowest BCUT2D eigenvalue weighted by Crippen LogP contribution is -1.90.